The Bertz CT molecular complexity index is 195. The summed E-state index contributed by atoms with van der Waals surface area (Å²) >= 11 is 6.49. The summed E-state index contributed by atoms with van der Waals surface area (Å²) in [5.74, 6) is 3.66. The van der Waals surface area contributed by atoms with Crippen LogP contribution in [0.1, 0.15) is 46.5 Å². The molecular formula is C12H21Cl. The van der Waals surface area contributed by atoms with Gasteiger partial charge in [0.2, 0.25) is 0 Å². The molecule has 1 heteroatoms. The summed E-state index contributed by atoms with van der Waals surface area (Å²) in [6.45, 7) is 7.07. The van der Waals surface area contributed by atoms with E-state index >= 15 is 0 Å². The molecule has 0 spiro atoms. The smallest absolute Gasteiger partial charge is 0.0424 e. The Morgan fingerprint density at radius 2 is 1.85 bits per heavy atom. The zero-order chi connectivity index (χ0) is 9.64. The van der Waals surface area contributed by atoms with Crippen LogP contribution in [0.2, 0.25) is 0 Å². The maximum absolute atomic E-state index is 6.49. The lowest BCUT2D eigenvalue weighted by Gasteiger charge is -2.48. The Labute approximate surface area is 87.0 Å². The second-order valence-electron chi connectivity index (χ2n) is 5.76. The predicted molar refractivity (Wildman–Crippen MR) is 58.0 cm³/mol. The highest BCUT2D eigenvalue weighted by molar-refractivity contribution is 6.23. The second kappa shape index (κ2) is 3.15. The molecular weight excluding hydrogens is 180 g/mol. The molecule has 2 rings (SSSR count). The number of hydrogen-bond acceptors (Lipinski definition) is 0. The van der Waals surface area contributed by atoms with Crippen LogP contribution in [0.3, 0.4) is 0 Å². The highest BCUT2D eigenvalue weighted by Gasteiger charge is 2.42. The summed E-state index contributed by atoms with van der Waals surface area (Å²) in [6, 6.07) is 0. The molecule has 5 atom stereocenters. The molecule has 76 valence electrons. The largest absolute Gasteiger partial charge is 0.120 e. The fraction of sp³-hybridized carbons (Fsp3) is 1.00. The van der Waals surface area contributed by atoms with Gasteiger partial charge in [-0.2, -0.15) is 0 Å². The zero-order valence-corrected chi connectivity index (χ0v) is 9.77. The first-order chi connectivity index (χ1) is 5.98. The first-order valence-electron chi connectivity index (χ1n) is 5.67. The quantitative estimate of drug-likeness (QED) is 0.517. The molecule has 0 aromatic heterocycles. The number of alkyl halides is 1. The molecule has 0 N–H and O–H groups in total. The molecule has 13 heavy (non-hydrogen) atoms. The lowest BCUT2D eigenvalue weighted by Crippen LogP contribution is -2.41. The van der Waals surface area contributed by atoms with Crippen LogP contribution in [-0.2, 0) is 0 Å². The molecule has 0 nitrogen and oxygen atoms in total. The molecule has 2 aliphatic rings. The van der Waals surface area contributed by atoms with Crippen LogP contribution >= 0.6 is 11.6 Å². The van der Waals surface area contributed by atoms with Crippen LogP contribution in [0.4, 0.5) is 0 Å². The van der Waals surface area contributed by atoms with Gasteiger partial charge in [0.05, 0.1) is 0 Å². The third-order valence-electron chi connectivity index (χ3n) is 4.38. The van der Waals surface area contributed by atoms with E-state index in [0.717, 1.165) is 23.7 Å². The van der Waals surface area contributed by atoms with Gasteiger partial charge in [0.1, 0.15) is 0 Å². The fourth-order valence-electron chi connectivity index (χ4n) is 3.61. The molecule has 0 aromatic carbocycles. The molecule has 5 unspecified atom stereocenters. The van der Waals surface area contributed by atoms with E-state index in [2.05, 4.69) is 20.8 Å². The first-order valence-corrected chi connectivity index (χ1v) is 6.04. The van der Waals surface area contributed by atoms with Crippen LogP contribution in [0.5, 0.6) is 0 Å². The van der Waals surface area contributed by atoms with E-state index in [1.807, 2.05) is 0 Å². The van der Waals surface area contributed by atoms with Gasteiger partial charge >= 0.3 is 0 Å². The molecule has 2 fully saturated rings. The first kappa shape index (κ1) is 9.83. The molecule has 0 aromatic rings. The average molecular weight is 201 g/mol. The van der Waals surface area contributed by atoms with Crippen molar-refractivity contribution in [3.63, 3.8) is 0 Å². The van der Waals surface area contributed by atoms with Crippen molar-refractivity contribution in [2.24, 2.45) is 23.7 Å². The van der Waals surface area contributed by atoms with Crippen molar-refractivity contribution >= 4 is 11.6 Å². The molecule has 0 saturated heterocycles. The van der Waals surface area contributed by atoms with Crippen LogP contribution in [-0.4, -0.2) is 4.87 Å². The maximum Gasteiger partial charge on any atom is 0.0424 e. The monoisotopic (exact) mass is 200 g/mol. The Morgan fingerprint density at radius 3 is 2.54 bits per heavy atom. The Balaban J connectivity index is 2.12. The lowest BCUT2D eigenvalue weighted by molar-refractivity contribution is 0.0652. The van der Waals surface area contributed by atoms with Crippen LogP contribution in [0.25, 0.3) is 0 Å². The van der Waals surface area contributed by atoms with Gasteiger partial charge in [-0.25, -0.2) is 0 Å². The zero-order valence-electron chi connectivity index (χ0n) is 9.02. The third-order valence-corrected chi connectivity index (χ3v) is 4.69. The van der Waals surface area contributed by atoms with Gasteiger partial charge in [0.25, 0.3) is 0 Å². The number of fused-ring (bicyclic) bond motifs is 2. The van der Waals surface area contributed by atoms with E-state index in [1.165, 1.54) is 25.7 Å². The molecule has 0 radical (unpaired) electrons. The van der Waals surface area contributed by atoms with Crippen LogP contribution < -0.4 is 0 Å². The van der Waals surface area contributed by atoms with Gasteiger partial charge < -0.3 is 0 Å². The van der Waals surface area contributed by atoms with E-state index in [-0.39, 0.29) is 4.87 Å². The predicted octanol–water partition coefficient (Wildman–Crippen LogP) is 4.08. The van der Waals surface area contributed by atoms with Gasteiger partial charge in [-0.15, -0.1) is 11.6 Å². The van der Waals surface area contributed by atoms with Gasteiger partial charge in [-0.05, 0) is 56.3 Å². The van der Waals surface area contributed by atoms with Crippen molar-refractivity contribution < 1.29 is 0 Å². The van der Waals surface area contributed by atoms with Crippen LogP contribution in [0, 0.1) is 23.7 Å². The number of rotatable bonds is 0. The minimum Gasteiger partial charge on any atom is -0.120 e. The van der Waals surface area contributed by atoms with Crippen molar-refractivity contribution in [3.8, 4) is 0 Å². The van der Waals surface area contributed by atoms with E-state index in [1.54, 1.807) is 0 Å². The number of halogens is 1. The minimum atomic E-state index is 0.113. The summed E-state index contributed by atoms with van der Waals surface area (Å²) < 4.78 is 0. The van der Waals surface area contributed by atoms with Crippen molar-refractivity contribution in [2.45, 2.75) is 51.3 Å². The third kappa shape index (κ3) is 1.88. The second-order valence-corrected chi connectivity index (χ2v) is 6.67. The van der Waals surface area contributed by atoms with E-state index in [9.17, 15) is 0 Å². The van der Waals surface area contributed by atoms with Crippen molar-refractivity contribution in [1.82, 2.24) is 0 Å². The standard InChI is InChI=1S/C12H21Cl/c1-8-4-10-5-11(9(8)2)7-12(3,13)6-10/h8-11H,4-7H2,1-3H3. The molecule has 2 bridgehead atoms. The maximum atomic E-state index is 6.49. The highest BCUT2D eigenvalue weighted by atomic mass is 35.5. The van der Waals surface area contributed by atoms with Gasteiger partial charge in [0.15, 0.2) is 0 Å². The molecule has 2 aliphatic carbocycles. The van der Waals surface area contributed by atoms with Crippen LogP contribution in [0.15, 0.2) is 0 Å². The number of hydrogen-bond donors (Lipinski definition) is 0. The topological polar surface area (TPSA) is 0 Å². The van der Waals surface area contributed by atoms with Gasteiger partial charge in [0, 0.05) is 4.87 Å². The molecule has 0 heterocycles. The highest BCUT2D eigenvalue weighted by Crippen LogP contribution is 2.51. The van der Waals surface area contributed by atoms with Crippen molar-refractivity contribution in [3.05, 3.63) is 0 Å². The molecule has 0 aliphatic heterocycles. The van der Waals surface area contributed by atoms with Gasteiger partial charge in [-0.1, -0.05) is 13.8 Å². The summed E-state index contributed by atoms with van der Waals surface area (Å²) in [6.07, 6.45) is 5.37. The summed E-state index contributed by atoms with van der Waals surface area (Å²) in [7, 11) is 0. The fourth-order valence-corrected chi connectivity index (χ4v) is 4.03. The molecule has 0 amide bonds. The summed E-state index contributed by atoms with van der Waals surface area (Å²) in [4.78, 5) is 0.113. The van der Waals surface area contributed by atoms with E-state index < -0.39 is 0 Å². The lowest BCUT2D eigenvalue weighted by atomic mass is 9.60. The van der Waals surface area contributed by atoms with Crippen molar-refractivity contribution in [2.75, 3.05) is 0 Å². The average Bonchev–Trinajstić information content (AvgIpc) is 1.97. The Morgan fingerprint density at radius 1 is 1.15 bits per heavy atom. The Hall–Kier alpha value is 0.290. The SMILES string of the molecule is CC1CC2CC(CC(C)(Cl)C2)C1C. The Kier molecular flexibility index (Phi) is 2.38. The van der Waals surface area contributed by atoms with Gasteiger partial charge in [-0.3, -0.25) is 0 Å². The minimum absolute atomic E-state index is 0.113. The molecule has 2 saturated carbocycles. The van der Waals surface area contributed by atoms with Crippen molar-refractivity contribution in [1.29, 1.82) is 0 Å². The van der Waals surface area contributed by atoms with E-state index in [4.69, 9.17) is 11.6 Å². The van der Waals surface area contributed by atoms with E-state index in [0.29, 0.717) is 0 Å². The summed E-state index contributed by atoms with van der Waals surface area (Å²) in [5.41, 5.74) is 0. The normalized spacial score (nSPS) is 56.3. The summed E-state index contributed by atoms with van der Waals surface area (Å²) in [5, 5.41) is 0.